The molecule has 62 valence electrons. The van der Waals surface area contributed by atoms with Crippen molar-refractivity contribution in [2.45, 2.75) is 13.0 Å². The number of terminal acetylenes is 1. The predicted molar refractivity (Wildman–Crippen MR) is 49.0 cm³/mol. The third kappa shape index (κ3) is 2.40. The molecule has 0 fully saturated rings. The first-order valence-corrected chi connectivity index (χ1v) is 3.81. The van der Waals surface area contributed by atoms with Gasteiger partial charge in [0.15, 0.2) is 0 Å². The van der Waals surface area contributed by atoms with E-state index in [2.05, 4.69) is 21.2 Å². The number of halogens is 1. The van der Waals surface area contributed by atoms with Gasteiger partial charge in [-0.2, -0.15) is 0 Å². The van der Waals surface area contributed by atoms with Gasteiger partial charge in [-0.15, -0.1) is 6.42 Å². The molecule has 0 bridgehead atoms. The summed E-state index contributed by atoms with van der Waals surface area (Å²) in [5, 5.41) is 3.17. The number of nitrogens with zero attached hydrogens (tertiary/aromatic N) is 2. The quantitative estimate of drug-likeness (QED) is 0.556. The zero-order valence-corrected chi connectivity index (χ0v) is 7.34. The molecular weight excluding hydrogens is 174 g/mol. The van der Waals surface area contributed by atoms with E-state index in [9.17, 15) is 0 Å². The van der Waals surface area contributed by atoms with Gasteiger partial charge in [0.2, 0.25) is 5.28 Å². The van der Waals surface area contributed by atoms with Gasteiger partial charge in [-0.3, -0.25) is 0 Å². The molecule has 0 saturated heterocycles. The van der Waals surface area contributed by atoms with Gasteiger partial charge >= 0.3 is 0 Å². The van der Waals surface area contributed by atoms with E-state index in [-0.39, 0.29) is 11.3 Å². The molecule has 1 N–H and O–H groups in total. The largest absolute Gasteiger partial charge is 0.357 e. The first-order chi connectivity index (χ1) is 5.72. The Kier molecular flexibility index (Phi) is 2.89. The SMILES string of the molecule is C#CC(C)Nc1ccnc(Cl)n1. The molecule has 1 heterocycles. The van der Waals surface area contributed by atoms with E-state index in [0.717, 1.165) is 0 Å². The highest BCUT2D eigenvalue weighted by molar-refractivity contribution is 6.28. The molecule has 1 rings (SSSR count). The smallest absolute Gasteiger partial charge is 0.224 e. The molecule has 0 amide bonds. The Balaban J connectivity index is 2.71. The fourth-order valence-electron chi connectivity index (χ4n) is 0.679. The molecule has 1 unspecified atom stereocenters. The number of anilines is 1. The molecule has 1 aromatic heterocycles. The van der Waals surface area contributed by atoms with Gasteiger partial charge in [-0.1, -0.05) is 5.92 Å². The Morgan fingerprint density at radius 2 is 2.50 bits per heavy atom. The van der Waals surface area contributed by atoms with E-state index >= 15 is 0 Å². The van der Waals surface area contributed by atoms with Gasteiger partial charge in [0.05, 0.1) is 6.04 Å². The number of aromatic nitrogens is 2. The Bertz CT molecular complexity index is 305. The second-order valence-corrected chi connectivity index (χ2v) is 2.58. The van der Waals surface area contributed by atoms with Crippen molar-refractivity contribution in [1.82, 2.24) is 9.97 Å². The van der Waals surface area contributed by atoms with Gasteiger partial charge in [-0.05, 0) is 24.6 Å². The fourth-order valence-corrected chi connectivity index (χ4v) is 0.826. The molecule has 0 aliphatic rings. The van der Waals surface area contributed by atoms with Gasteiger partial charge in [0.1, 0.15) is 5.82 Å². The van der Waals surface area contributed by atoms with Crippen LogP contribution in [0, 0.1) is 12.3 Å². The van der Waals surface area contributed by atoms with Gasteiger partial charge < -0.3 is 5.32 Å². The van der Waals surface area contributed by atoms with Crippen LogP contribution in [0.25, 0.3) is 0 Å². The van der Waals surface area contributed by atoms with Crippen LogP contribution in [0.4, 0.5) is 5.82 Å². The van der Waals surface area contributed by atoms with E-state index in [4.69, 9.17) is 18.0 Å². The van der Waals surface area contributed by atoms with Crippen molar-refractivity contribution < 1.29 is 0 Å². The average molecular weight is 182 g/mol. The van der Waals surface area contributed by atoms with Crippen molar-refractivity contribution >= 4 is 17.4 Å². The lowest BCUT2D eigenvalue weighted by Gasteiger charge is -2.06. The fraction of sp³-hybridized carbons (Fsp3) is 0.250. The first-order valence-electron chi connectivity index (χ1n) is 3.43. The lowest BCUT2D eigenvalue weighted by Crippen LogP contribution is -2.13. The summed E-state index contributed by atoms with van der Waals surface area (Å²) in [5.41, 5.74) is 0. The normalized spacial score (nSPS) is 11.8. The van der Waals surface area contributed by atoms with Gasteiger partial charge in [0, 0.05) is 6.20 Å². The summed E-state index contributed by atoms with van der Waals surface area (Å²) < 4.78 is 0. The van der Waals surface area contributed by atoms with Crippen molar-refractivity contribution in [3.8, 4) is 12.3 Å². The second-order valence-electron chi connectivity index (χ2n) is 2.24. The maximum atomic E-state index is 5.56. The van der Waals surface area contributed by atoms with Crippen molar-refractivity contribution in [2.24, 2.45) is 0 Å². The standard InChI is InChI=1S/C8H8ClN3/c1-3-6(2)11-7-4-5-10-8(9)12-7/h1,4-6H,2H3,(H,10,11,12). The van der Waals surface area contributed by atoms with Crippen LogP contribution < -0.4 is 5.32 Å². The van der Waals surface area contributed by atoms with Crippen LogP contribution in [0.3, 0.4) is 0 Å². The number of nitrogens with one attached hydrogen (secondary N) is 1. The van der Waals surface area contributed by atoms with Crippen LogP contribution in [0.5, 0.6) is 0 Å². The van der Waals surface area contributed by atoms with Crippen LogP contribution in [0.2, 0.25) is 5.28 Å². The van der Waals surface area contributed by atoms with Crippen LogP contribution in [0.1, 0.15) is 6.92 Å². The van der Waals surface area contributed by atoms with Crippen molar-refractivity contribution in [2.75, 3.05) is 5.32 Å². The minimum atomic E-state index is -0.0593. The molecule has 3 nitrogen and oxygen atoms in total. The Labute approximate surface area is 76.2 Å². The van der Waals surface area contributed by atoms with E-state index in [1.807, 2.05) is 6.92 Å². The van der Waals surface area contributed by atoms with Crippen molar-refractivity contribution in [1.29, 1.82) is 0 Å². The third-order valence-electron chi connectivity index (χ3n) is 1.24. The van der Waals surface area contributed by atoms with Gasteiger partial charge in [0.25, 0.3) is 0 Å². The number of hydrogen-bond acceptors (Lipinski definition) is 3. The van der Waals surface area contributed by atoms with Crippen molar-refractivity contribution in [3.63, 3.8) is 0 Å². The van der Waals surface area contributed by atoms with E-state index in [1.54, 1.807) is 12.3 Å². The van der Waals surface area contributed by atoms with Crippen LogP contribution >= 0.6 is 11.6 Å². The Hall–Kier alpha value is -1.27. The molecule has 4 heteroatoms. The molecule has 0 radical (unpaired) electrons. The molecule has 0 aliphatic carbocycles. The number of rotatable bonds is 2. The molecule has 0 aliphatic heterocycles. The predicted octanol–water partition coefficient (Wildman–Crippen LogP) is 1.56. The second kappa shape index (κ2) is 3.93. The maximum Gasteiger partial charge on any atom is 0.224 e. The minimum absolute atomic E-state index is 0.0593. The molecule has 0 saturated carbocycles. The van der Waals surface area contributed by atoms with E-state index < -0.39 is 0 Å². The summed E-state index contributed by atoms with van der Waals surface area (Å²) in [6.07, 6.45) is 6.74. The molecule has 1 atom stereocenters. The Morgan fingerprint density at radius 1 is 1.75 bits per heavy atom. The lowest BCUT2D eigenvalue weighted by molar-refractivity contribution is 1.00. The van der Waals surface area contributed by atoms with Gasteiger partial charge in [-0.25, -0.2) is 9.97 Å². The summed E-state index contributed by atoms with van der Waals surface area (Å²) in [4.78, 5) is 7.64. The minimum Gasteiger partial charge on any atom is -0.357 e. The summed E-state index contributed by atoms with van der Waals surface area (Å²) in [6, 6.07) is 1.65. The Morgan fingerprint density at radius 3 is 3.08 bits per heavy atom. The molecule has 0 aromatic carbocycles. The monoisotopic (exact) mass is 181 g/mol. The van der Waals surface area contributed by atoms with Crippen LogP contribution in [0.15, 0.2) is 12.3 Å². The topological polar surface area (TPSA) is 37.8 Å². The van der Waals surface area contributed by atoms with Crippen molar-refractivity contribution in [3.05, 3.63) is 17.5 Å². The number of hydrogen-bond donors (Lipinski definition) is 1. The van der Waals surface area contributed by atoms with E-state index in [1.165, 1.54) is 0 Å². The molecule has 0 spiro atoms. The lowest BCUT2D eigenvalue weighted by atomic mass is 10.3. The molecular formula is C8H8ClN3. The van der Waals surface area contributed by atoms with Crippen LogP contribution in [-0.2, 0) is 0 Å². The summed E-state index contributed by atoms with van der Waals surface area (Å²) in [6.45, 7) is 1.86. The summed E-state index contributed by atoms with van der Waals surface area (Å²) in [5.74, 6) is 3.16. The first kappa shape index (κ1) is 8.82. The third-order valence-corrected chi connectivity index (χ3v) is 1.42. The summed E-state index contributed by atoms with van der Waals surface area (Å²) in [7, 11) is 0. The zero-order valence-electron chi connectivity index (χ0n) is 6.58. The highest BCUT2D eigenvalue weighted by Gasteiger charge is 1.98. The molecule has 1 aromatic rings. The summed E-state index contributed by atoms with van der Waals surface area (Å²) >= 11 is 5.56. The maximum absolute atomic E-state index is 5.56. The highest BCUT2D eigenvalue weighted by atomic mass is 35.5. The highest BCUT2D eigenvalue weighted by Crippen LogP contribution is 2.06. The molecule has 12 heavy (non-hydrogen) atoms. The van der Waals surface area contributed by atoms with Crippen LogP contribution in [-0.4, -0.2) is 16.0 Å². The average Bonchev–Trinajstić information content (AvgIpc) is 2.04. The zero-order chi connectivity index (χ0) is 8.97. The van der Waals surface area contributed by atoms with E-state index in [0.29, 0.717) is 5.82 Å².